The van der Waals surface area contributed by atoms with E-state index in [2.05, 4.69) is 57.2 Å². The van der Waals surface area contributed by atoms with Crippen LogP contribution in [0.4, 0.5) is 17.2 Å². The van der Waals surface area contributed by atoms with Crippen molar-refractivity contribution < 1.29 is 0 Å². The molecule has 4 heteroatoms. The molecule has 5 heterocycles. The molecule has 0 amide bonds. The summed E-state index contributed by atoms with van der Waals surface area (Å²) in [5.74, 6) is 3.06. The molecule has 28 heavy (non-hydrogen) atoms. The first-order valence-electron chi connectivity index (χ1n) is 11.1. The minimum atomic E-state index is 0.589. The van der Waals surface area contributed by atoms with Gasteiger partial charge in [-0.1, -0.05) is 18.2 Å². The molecule has 4 saturated heterocycles. The third-order valence-corrected chi connectivity index (χ3v) is 7.58. The SMILES string of the molecule is c1ccc(N2CCC[C@@H]3[C@H]2CCN3c2cc(N3CC4CC(C4)C3)ccn2)cc1. The van der Waals surface area contributed by atoms with Gasteiger partial charge in [-0.05, 0) is 62.1 Å². The molecule has 2 bridgehead atoms. The van der Waals surface area contributed by atoms with Crippen LogP contribution in [0.3, 0.4) is 0 Å². The van der Waals surface area contributed by atoms with E-state index in [4.69, 9.17) is 4.98 Å². The lowest BCUT2D eigenvalue weighted by molar-refractivity contribution is 0.159. The van der Waals surface area contributed by atoms with E-state index in [1.807, 2.05) is 6.20 Å². The summed E-state index contributed by atoms with van der Waals surface area (Å²) in [5, 5.41) is 0. The molecule has 5 fully saturated rings. The van der Waals surface area contributed by atoms with E-state index in [-0.39, 0.29) is 0 Å². The second kappa shape index (κ2) is 6.68. The smallest absolute Gasteiger partial charge is 0.130 e. The summed E-state index contributed by atoms with van der Waals surface area (Å²) < 4.78 is 0. The molecule has 5 aliphatic rings. The standard InChI is InChI=1S/C24H30N4/c1-2-5-20(6-3-1)27-11-4-7-22-23(27)9-12-28(22)24-15-21(8-10-25-24)26-16-18-13-19(14-18)17-26/h1-3,5-6,8,10,15,18-19,22-23H,4,7,9,11-14,16-17H2/t18?,19?,22-,23-/m1/s1. The van der Waals surface area contributed by atoms with Gasteiger partial charge in [0.1, 0.15) is 5.82 Å². The third kappa shape index (κ3) is 2.76. The zero-order chi connectivity index (χ0) is 18.5. The van der Waals surface area contributed by atoms with Crippen LogP contribution in [0.25, 0.3) is 0 Å². The Labute approximate surface area is 168 Å². The number of para-hydroxylation sites is 1. The molecule has 0 spiro atoms. The lowest BCUT2D eigenvalue weighted by Crippen LogP contribution is -2.50. The van der Waals surface area contributed by atoms with Gasteiger partial charge in [-0.2, -0.15) is 0 Å². The maximum Gasteiger partial charge on any atom is 0.130 e. The van der Waals surface area contributed by atoms with Crippen LogP contribution in [0.5, 0.6) is 0 Å². The maximum atomic E-state index is 4.82. The van der Waals surface area contributed by atoms with E-state index in [1.165, 1.54) is 68.9 Å². The minimum absolute atomic E-state index is 0.589. The second-order valence-corrected chi connectivity index (χ2v) is 9.27. The van der Waals surface area contributed by atoms with Crippen LogP contribution in [0.15, 0.2) is 48.7 Å². The summed E-state index contributed by atoms with van der Waals surface area (Å²) in [5.41, 5.74) is 2.77. The first-order valence-corrected chi connectivity index (χ1v) is 11.1. The van der Waals surface area contributed by atoms with Gasteiger partial charge in [0, 0.05) is 49.8 Å². The summed E-state index contributed by atoms with van der Waals surface area (Å²) in [6.45, 7) is 4.80. The van der Waals surface area contributed by atoms with Gasteiger partial charge in [-0.25, -0.2) is 4.98 Å². The number of anilines is 3. The zero-order valence-electron chi connectivity index (χ0n) is 16.6. The van der Waals surface area contributed by atoms with Gasteiger partial charge in [0.05, 0.1) is 12.1 Å². The van der Waals surface area contributed by atoms with Crippen molar-refractivity contribution in [1.29, 1.82) is 0 Å². The van der Waals surface area contributed by atoms with Gasteiger partial charge in [0.2, 0.25) is 0 Å². The third-order valence-electron chi connectivity index (χ3n) is 7.58. The average molecular weight is 375 g/mol. The fourth-order valence-corrected chi connectivity index (χ4v) is 6.25. The number of hydrogen-bond donors (Lipinski definition) is 0. The molecule has 1 aromatic heterocycles. The van der Waals surface area contributed by atoms with Gasteiger partial charge >= 0.3 is 0 Å². The number of hydrogen-bond acceptors (Lipinski definition) is 4. The van der Waals surface area contributed by atoms with Crippen LogP contribution >= 0.6 is 0 Å². The van der Waals surface area contributed by atoms with Gasteiger partial charge < -0.3 is 14.7 Å². The molecule has 2 atom stereocenters. The second-order valence-electron chi connectivity index (χ2n) is 9.27. The van der Waals surface area contributed by atoms with Crippen molar-refractivity contribution in [1.82, 2.24) is 4.98 Å². The highest BCUT2D eigenvalue weighted by atomic mass is 15.3. The van der Waals surface area contributed by atoms with Crippen LogP contribution in [0.2, 0.25) is 0 Å². The Balaban J connectivity index is 1.24. The predicted octanol–water partition coefficient (Wildman–Crippen LogP) is 4.18. The summed E-state index contributed by atoms with van der Waals surface area (Å²) in [6, 6.07) is 16.8. The minimum Gasteiger partial charge on any atom is -0.371 e. The molecule has 0 unspecified atom stereocenters. The Morgan fingerprint density at radius 3 is 2.39 bits per heavy atom. The Morgan fingerprint density at radius 1 is 0.786 bits per heavy atom. The highest BCUT2D eigenvalue weighted by Gasteiger charge is 2.41. The molecular formula is C24H30N4. The number of pyridine rings is 1. The molecule has 1 aromatic carbocycles. The number of aromatic nitrogens is 1. The Bertz CT molecular complexity index is 822. The fraction of sp³-hybridized carbons (Fsp3) is 0.542. The van der Waals surface area contributed by atoms with Crippen molar-refractivity contribution in [2.45, 2.75) is 44.2 Å². The lowest BCUT2D eigenvalue weighted by Gasteiger charge is -2.48. The molecule has 4 aliphatic heterocycles. The highest BCUT2D eigenvalue weighted by molar-refractivity contribution is 5.58. The van der Waals surface area contributed by atoms with Crippen molar-refractivity contribution in [2.75, 3.05) is 40.9 Å². The van der Waals surface area contributed by atoms with Crippen LogP contribution in [0, 0.1) is 11.8 Å². The van der Waals surface area contributed by atoms with Crippen molar-refractivity contribution in [3.05, 3.63) is 48.7 Å². The quantitative estimate of drug-likeness (QED) is 0.804. The molecular weight excluding hydrogens is 344 g/mol. The molecule has 1 saturated carbocycles. The Kier molecular flexibility index (Phi) is 3.98. The van der Waals surface area contributed by atoms with E-state index < -0.39 is 0 Å². The average Bonchev–Trinajstić information content (AvgIpc) is 3.18. The summed E-state index contributed by atoms with van der Waals surface area (Å²) in [6.07, 6.45) is 8.74. The summed E-state index contributed by atoms with van der Waals surface area (Å²) in [4.78, 5) is 12.7. The van der Waals surface area contributed by atoms with E-state index in [1.54, 1.807) is 0 Å². The molecule has 1 aliphatic carbocycles. The monoisotopic (exact) mass is 374 g/mol. The van der Waals surface area contributed by atoms with Crippen molar-refractivity contribution >= 4 is 17.2 Å². The summed E-state index contributed by atoms with van der Waals surface area (Å²) in [7, 11) is 0. The number of nitrogens with zero attached hydrogens (tertiary/aromatic N) is 4. The highest BCUT2D eigenvalue weighted by Crippen LogP contribution is 2.42. The van der Waals surface area contributed by atoms with Gasteiger partial charge in [0.25, 0.3) is 0 Å². The molecule has 146 valence electrons. The topological polar surface area (TPSA) is 22.6 Å². The fourth-order valence-electron chi connectivity index (χ4n) is 6.25. The van der Waals surface area contributed by atoms with E-state index in [0.717, 1.165) is 18.4 Å². The van der Waals surface area contributed by atoms with Gasteiger partial charge in [-0.3, -0.25) is 0 Å². The molecule has 7 rings (SSSR count). The predicted molar refractivity (Wildman–Crippen MR) is 115 cm³/mol. The van der Waals surface area contributed by atoms with Crippen molar-refractivity contribution in [3.63, 3.8) is 0 Å². The van der Waals surface area contributed by atoms with Gasteiger partial charge in [-0.15, -0.1) is 0 Å². The molecule has 0 radical (unpaired) electrons. The number of fused-ring (bicyclic) bond motifs is 3. The number of benzene rings is 1. The molecule has 4 nitrogen and oxygen atoms in total. The zero-order valence-corrected chi connectivity index (χ0v) is 16.6. The summed E-state index contributed by atoms with van der Waals surface area (Å²) >= 11 is 0. The normalized spacial score (nSPS) is 31.5. The van der Waals surface area contributed by atoms with Crippen LogP contribution in [-0.2, 0) is 0 Å². The van der Waals surface area contributed by atoms with Gasteiger partial charge in [0.15, 0.2) is 0 Å². The Morgan fingerprint density at radius 2 is 1.57 bits per heavy atom. The largest absolute Gasteiger partial charge is 0.371 e. The van der Waals surface area contributed by atoms with Crippen LogP contribution in [-0.4, -0.2) is 43.2 Å². The molecule has 0 N–H and O–H groups in total. The van der Waals surface area contributed by atoms with Crippen molar-refractivity contribution in [3.8, 4) is 0 Å². The number of rotatable bonds is 3. The first kappa shape index (κ1) is 16.7. The number of piperidine rings is 3. The van der Waals surface area contributed by atoms with E-state index >= 15 is 0 Å². The Hall–Kier alpha value is -2.23. The van der Waals surface area contributed by atoms with E-state index in [9.17, 15) is 0 Å². The lowest BCUT2D eigenvalue weighted by atomic mass is 9.71. The van der Waals surface area contributed by atoms with Crippen LogP contribution < -0.4 is 14.7 Å². The van der Waals surface area contributed by atoms with Crippen LogP contribution in [0.1, 0.15) is 32.1 Å². The maximum absolute atomic E-state index is 4.82. The van der Waals surface area contributed by atoms with Crippen molar-refractivity contribution in [2.24, 2.45) is 11.8 Å². The molecule has 2 aromatic rings. The van der Waals surface area contributed by atoms with E-state index in [0.29, 0.717) is 12.1 Å². The first-order chi connectivity index (χ1) is 13.8.